The highest BCUT2D eigenvalue weighted by atomic mass is 35.5. The second-order valence-electron chi connectivity index (χ2n) is 3.01. The van der Waals surface area contributed by atoms with Crippen molar-refractivity contribution < 1.29 is 4.79 Å². The maximum absolute atomic E-state index is 11.1. The van der Waals surface area contributed by atoms with Crippen LogP contribution in [-0.2, 0) is 18.4 Å². The van der Waals surface area contributed by atoms with Gasteiger partial charge in [-0.15, -0.1) is 12.4 Å². The first-order valence-corrected chi connectivity index (χ1v) is 4.56. The van der Waals surface area contributed by atoms with Gasteiger partial charge >= 0.3 is 0 Å². The average Bonchev–Trinajstić information content (AvgIpc) is 2.44. The van der Waals surface area contributed by atoms with E-state index in [2.05, 4.69) is 15.5 Å². The van der Waals surface area contributed by atoms with E-state index in [1.165, 1.54) is 0 Å². The molecule has 0 spiro atoms. The first kappa shape index (κ1) is 14.1. The van der Waals surface area contributed by atoms with Crippen LogP contribution in [0.4, 0.5) is 0 Å². The summed E-state index contributed by atoms with van der Waals surface area (Å²) in [5.41, 5.74) is 5.38. The molecule has 0 bridgehead atoms. The second-order valence-corrected chi connectivity index (χ2v) is 3.40. The fourth-order valence-electron chi connectivity index (χ4n) is 0.865. The van der Waals surface area contributed by atoms with Gasteiger partial charge in [-0.3, -0.25) is 9.89 Å². The fourth-order valence-corrected chi connectivity index (χ4v) is 1.02. The van der Waals surface area contributed by atoms with Crippen LogP contribution in [0.15, 0.2) is 0 Å². The van der Waals surface area contributed by atoms with E-state index < -0.39 is 6.04 Å². The number of H-pyrrole nitrogens is 1. The minimum atomic E-state index is -0.512. The third-order valence-electron chi connectivity index (χ3n) is 1.81. The maximum atomic E-state index is 11.1. The van der Waals surface area contributed by atoms with Crippen molar-refractivity contribution in [2.45, 2.75) is 19.5 Å². The van der Waals surface area contributed by atoms with Crippen LogP contribution >= 0.6 is 24.6 Å². The third kappa shape index (κ3) is 3.61. The summed E-state index contributed by atoms with van der Waals surface area (Å²) in [4.78, 5) is 11.1. The molecule has 1 rings (SSSR count). The molecule has 0 saturated carbocycles. The minimum Gasteiger partial charge on any atom is -0.347 e. The molecule has 0 aliphatic rings. The molecule has 1 aromatic rings. The maximum Gasteiger partial charge on any atom is 0.237 e. The van der Waals surface area contributed by atoms with Crippen LogP contribution in [0.2, 0.25) is 0 Å². The van der Waals surface area contributed by atoms with Crippen LogP contribution in [-0.4, -0.2) is 26.7 Å². The molecule has 6 nitrogen and oxygen atoms in total. The Morgan fingerprint density at radius 1 is 1.80 bits per heavy atom. The van der Waals surface area contributed by atoms with Crippen molar-refractivity contribution in [2.75, 3.05) is 0 Å². The fraction of sp³-hybridized carbons (Fsp3) is 0.571. The largest absolute Gasteiger partial charge is 0.347 e. The lowest BCUT2D eigenvalue weighted by molar-refractivity contribution is -0.122. The van der Waals surface area contributed by atoms with E-state index in [0.717, 1.165) is 0 Å². The minimum absolute atomic E-state index is 0. The molecule has 0 aromatic carbocycles. The Hall–Kier alpha value is -0.920. The lowest BCUT2D eigenvalue weighted by Gasteiger charge is -2.06. The summed E-state index contributed by atoms with van der Waals surface area (Å²) in [5, 5.41) is 9.20. The number of nitrogens with two attached hydrogens (primary N) is 1. The van der Waals surface area contributed by atoms with E-state index in [9.17, 15) is 4.79 Å². The van der Waals surface area contributed by atoms with Gasteiger partial charge in [-0.2, -0.15) is 5.10 Å². The van der Waals surface area contributed by atoms with Gasteiger partial charge in [-0.05, 0) is 19.1 Å². The quantitative estimate of drug-likeness (QED) is 0.653. The first-order chi connectivity index (χ1) is 6.52. The molecule has 8 heteroatoms. The van der Waals surface area contributed by atoms with Crippen LogP contribution in [0, 0.1) is 4.77 Å². The molecule has 1 unspecified atom stereocenters. The molecular formula is C7H14ClN5OS. The average molecular weight is 252 g/mol. The lowest BCUT2D eigenvalue weighted by atomic mass is 10.3. The number of nitrogens with zero attached hydrogens (tertiary/aromatic N) is 2. The molecule has 15 heavy (non-hydrogen) atoms. The van der Waals surface area contributed by atoms with Crippen molar-refractivity contribution >= 4 is 30.5 Å². The van der Waals surface area contributed by atoms with Gasteiger partial charge in [-0.25, -0.2) is 0 Å². The van der Waals surface area contributed by atoms with Crippen molar-refractivity contribution in [3.8, 4) is 0 Å². The topological polar surface area (TPSA) is 88.7 Å². The van der Waals surface area contributed by atoms with Gasteiger partial charge in [-0.1, -0.05) is 0 Å². The van der Waals surface area contributed by atoms with Crippen molar-refractivity contribution in [1.82, 2.24) is 20.1 Å². The summed E-state index contributed by atoms with van der Waals surface area (Å²) in [6, 6.07) is -0.512. The molecule has 1 amide bonds. The van der Waals surface area contributed by atoms with Gasteiger partial charge in [0.05, 0.1) is 12.6 Å². The molecule has 1 atom stereocenters. The van der Waals surface area contributed by atoms with E-state index in [1.807, 2.05) is 0 Å². The smallest absolute Gasteiger partial charge is 0.237 e. The van der Waals surface area contributed by atoms with E-state index >= 15 is 0 Å². The van der Waals surface area contributed by atoms with Gasteiger partial charge < -0.3 is 15.6 Å². The second kappa shape index (κ2) is 5.84. The van der Waals surface area contributed by atoms with Crippen molar-refractivity contribution in [2.24, 2.45) is 12.8 Å². The number of aromatic amines is 1. The Balaban J connectivity index is 0.00000196. The number of nitrogens with one attached hydrogen (secondary N) is 2. The Morgan fingerprint density at radius 3 is 2.80 bits per heavy atom. The van der Waals surface area contributed by atoms with Gasteiger partial charge in [0, 0.05) is 7.05 Å². The monoisotopic (exact) mass is 251 g/mol. The van der Waals surface area contributed by atoms with Crippen LogP contribution in [0.3, 0.4) is 0 Å². The van der Waals surface area contributed by atoms with Gasteiger partial charge in [0.15, 0.2) is 10.6 Å². The highest BCUT2D eigenvalue weighted by Crippen LogP contribution is 1.93. The normalized spacial score (nSPS) is 11.7. The molecular weight excluding hydrogens is 238 g/mol. The van der Waals surface area contributed by atoms with E-state index in [-0.39, 0.29) is 18.3 Å². The van der Waals surface area contributed by atoms with Crippen LogP contribution in [0.1, 0.15) is 12.7 Å². The number of halogens is 1. The van der Waals surface area contributed by atoms with Crippen molar-refractivity contribution in [3.63, 3.8) is 0 Å². The Kier molecular flexibility index (Phi) is 5.48. The molecule has 0 fully saturated rings. The molecule has 1 aromatic heterocycles. The number of aromatic nitrogens is 3. The predicted molar refractivity (Wildman–Crippen MR) is 61.1 cm³/mol. The number of rotatable bonds is 3. The van der Waals surface area contributed by atoms with Crippen LogP contribution < -0.4 is 11.1 Å². The zero-order valence-electron chi connectivity index (χ0n) is 8.48. The Morgan fingerprint density at radius 2 is 2.40 bits per heavy atom. The zero-order valence-corrected chi connectivity index (χ0v) is 10.1. The lowest BCUT2D eigenvalue weighted by Crippen LogP contribution is -2.38. The van der Waals surface area contributed by atoms with E-state index in [0.29, 0.717) is 17.1 Å². The highest BCUT2D eigenvalue weighted by Gasteiger charge is 2.08. The third-order valence-corrected chi connectivity index (χ3v) is 2.17. The molecule has 0 radical (unpaired) electrons. The number of carbonyl (C=O) groups excluding carboxylic acids is 1. The first-order valence-electron chi connectivity index (χ1n) is 4.16. The van der Waals surface area contributed by atoms with E-state index in [1.54, 1.807) is 18.5 Å². The highest BCUT2D eigenvalue weighted by molar-refractivity contribution is 7.71. The molecule has 1 heterocycles. The molecule has 4 N–H and O–H groups in total. The summed E-state index contributed by atoms with van der Waals surface area (Å²) in [6.45, 7) is 1.95. The van der Waals surface area contributed by atoms with Crippen LogP contribution in [0.5, 0.6) is 0 Å². The van der Waals surface area contributed by atoms with Crippen molar-refractivity contribution in [3.05, 3.63) is 10.6 Å². The van der Waals surface area contributed by atoms with Gasteiger partial charge in [0.1, 0.15) is 0 Å². The summed E-state index contributed by atoms with van der Waals surface area (Å²) in [6.07, 6.45) is 0. The SMILES string of the molecule is CC(N)C(=O)NCc1n[nH]c(=S)n1C.Cl. The number of hydrogen-bond donors (Lipinski definition) is 3. The Labute approximate surface area is 98.6 Å². The van der Waals surface area contributed by atoms with Crippen molar-refractivity contribution in [1.29, 1.82) is 0 Å². The summed E-state index contributed by atoms with van der Waals surface area (Å²) >= 11 is 4.91. The molecule has 0 aliphatic carbocycles. The standard InChI is InChI=1S/C7H13N5OS.ClH/c1-4(8)6(13)9-3-5-10-11-7(14)12(5)2;/h4H,3,8H2,1-2H3,(H,9,13)(H,11,14);1H. The number of carbonyl (C=O) groups is 1. The molecule has 0 saturated heterocycles. The van der Waals surface area contributed by atoms with Gasteiger partial charge in [0.2, 0.25) is 5.91 Å². The summed E-state index contributed by atoms with van der Waals surface area (Å²) in [7, 11) is 1.78. The number of hydrogen-bond acceptors (Lipinski definition) is 4. The molecule has 0 aliphatic heterocycles. The number of amides is 1. The Bertz CT molecular complexity index is 385. The molecule has 86 valence electrons. The summed E-state index contributed by atoms with van der Waals surface area (Å²) < 4.78 is 2.21. The zero-order chi connectivity index (χ0) is 10.7. The van der Waals surface area contributed by atoms with Crippen LogP contribution in [0.25, 0.3) is 0 Å². The van der Waals surface area contributed by atoms with E-state index in [4.69, 9.17) is 18.0 Å². The summed E-state index contributed by atoms with van der Waals surface area (Å²) in [5.74, 6) is 0.461. The van der Waals surface area contributed by atoms with Gasteiger partial charge in [0.25, 0.3) is 0 Å². The predicted octanol–water partition coefficient (Wildman–Crippen LogP) is -0.137.